The Kier molecular flexibility index (Phi) is 7.27. The van der Waals surface area contributed by atoms with Gasteiger partial charge < -0.3 is 14.5 Å². The van der Waals surface area contributed by atoms with Crippen LogP contribution in [-0.4, -0.2) is 65.0 Å². The molecule has 0 spiro atoms. The first kappa shape index (κ1) is 21.0. The largest absolute Gasteiger partial charge is 0.453 e. The van der Waals surface area contributed by atoms with Gasteiger partial charge in [0.25, 0.3) is 5.91 Å². The lowest BCUT2D eigenvalue weighted by Gasteiger charge is -2.38. The highest BCUT2D eigenvalue weighted by atomic mass is 16.5. The Bertz CT molecular complexity index is 641. The van der Waals surface area contributed by atoms with Crippen molar-refractivity contribution < 1.29 is 9.53 Å². The van der Waals surface area contributed by atoms with E-state index in [0.717, 1.165) is 48.8 Å². The lowest BCUT2D eigenvalue weighted by Crippen LogP contribution is -2.47. The number of hydrogen-bond acceptors (Lipinski definition) is 5. The first-order valence-electron chi connectivity index (χ1n) is 10.9. The van der Waals surface area contributed by atoms with Gasteiger partial charge in [-0.05, 0) is 57.9 Å². The van der Waals surface area contributed by atoms with Crippen LogP contribution >= 0.6 is 0 Å². The number of aromatic nitrogens is 2. The number of ether oxygens (including phenoxy) is 1. The summed E-state index contributed by atoms with van der Waals surface area (Å²) < 4.78 is 5.59. The molecule has 28 heavy (non-hydrogen) atoms. The van der Waals surface area contributed by atoms with Crippen molar-refractivity contribution in [3.8, 4) is 6.01 Å². The fourth-order valence-electron chi connectivity index (χ4n) is 4.46. The molecule has 0 N–H and O–H groups in total. The minimum Gasteiger partial charge on any atom is -0.453 e. The van der Waals surface area contributed by atoms with E-state index in [4.69, 9.17) is 4.74 Å². The molecule has 2 aliphatic rings. The number of likely N-dealkylation sites (tertiary alicyclic amines) is 1. The first-order chi connectivity index (χ1) is 13.4. The van der Waals surface area contributed by atoms with Gasteiger partial charge in [-0.3, -0.25) is 4.79 Å². The van der Waals surface area contributed by atoms with Crippen LogP contribution < -0.4 is 4.74 Å². The molecule has 0 bridgehead atoms. The molecule has 2 heterocycles. The van der Waals surface area contributed by atoms with Gasteiger partial charge in [0.2, 0.25) is 0 Å². The normalized spacial score (nSPS) is 19.6. The number of carbonyl (C=O) groups excluding carboxylic acids is 1. The van der Waals surface area contributed by atoms with Crippen LogP contribution in [0.5, 0.6) is 6.01 Å². The van der Waals surface area contributed by atoms with E-state index in [1.165, 1.54) is 38.6 Å². The maximum absolute atomic E-state index is 12.6. The van der Waals surface area contributed by atoms with Gasteiger partial charge in [0.05, 0.1) is 0 Å². The molecular weight excluding hydrogens is 352 g/mol. The molecule has 0 radical (unpaired) electrons. The van der Waals surface area contributed by atoms with Crippen LogP contribution in [0.1, 0.15) is 61.9 Å². The fraction of sp³-hybridized carbons (Fsp3) is 0.773. The fourth-order valence-corrected chi connectivity index (χ4v) is 4.46. The van der Waals surface area contributed by atoms with Crippen molar-refractivity contribution in [1.82, 2.24) is 19.8 Å². The molecule has 3 rings (SSSR count). The summed E-state index contributed by atoms with van der Waals surface area (Å²) in [6.07, 6.45) is 9.12. The van der Waals surface area contributed by atoms with Crippen molar-refractivity contribution in [3.05, 3.63) is 17.0 Å². The van der Waals surface area contributed by atoms with E-state index in [1.54, 1.807) is 0 Å². The Balaban J connectivity index is 1.42. The highest BCUT2D eigenvalue weighted by Gasteiger charge is 2.27. The summed E-state index contributed by atoms with van der Waals surface area (Å²) in [6.45, 7) is 9.31. The van der Waals surface area contributed by atoms with Gasteiger partial charge in [0.1, 0.15) is 0 Å². The van der Waals surface area contributed by atoms with Crippen LogP contribution in [-0.2, 0) is 4.79 Å². The second kappa shape index (κ2) is 9.68. The van der Waals surface area contributed by atoms with E-state index in [1.807, 2.05) is 32.7 Å². The maximum atomic E-state index is 12.6. The van der Waals surface area contributed by atoms with Crippen LogP contribution in [0.15, 0.2) is 0 Å². The number of carbonyl (C=O) groups is 1. The molecule has 1 saturated carbocycles. The third-order valence-electron chi connectivity index (χ3n) is 6.68. The zero-order valence-corrected chi connectivity index (χ0v) is 18.0. The highest BCUT2D eigenvalue weighted by Crippen LogP contribution is 2.26. The van der Waals surface area contributed by atoms with Crippen molar-refractivity contribution in [3.63, 3.8) is 0 Å². The number of aryl methyl sites for hydroxylation is 2. The number of hydrogen-bond donors (Lipinski definition) is 0. The monoisotopic (exact) mass is 388 g/mol. The summed E-state index contributed by atoms with van der Waals surface area (Å²) in [5, 5.41) is 0. The molecule has 1 aliphatic carbocycles. The van der Waals surface area contributed by atoms with Crippen LogP contribution in [0.3, 0.4) is 0 Å². The molecule has 2 fully saturated rings. The number of rotatable bonds is 6. The standard InChI is InChI=1S/C22H36N4O2/c1-16-17(2)23-22(24-18(16)3)28-15-21(27)25(4)20-10-12-26(13-11-20)14-19-8-6-5-7-9-19/h19-20H,5-15H2,1-4H3. The van der Waals surface area contributed by atoms with Crippen LogP contribution in [0.4, 0.5) is 0 Å². The third kappa shape index (κ3) is 5.43. The average Bonchev–Trinajstić information content (AvgIpc) is 2.71. The van der Waals surface area contributed by atoms with Crippen molar-refractivity contribution >= 4 is 5.91 Å². The van der Waals surface area contributed by atoms with Gasteiger partial charge in [-0.1, -0.05) is 19.3 Å². The first-order valence-corrected chi connectivity index (χ1v) is 10.9. The van der Waals surface area contributed by atoms with E-state index in [2.05, 4.69) is 14.9 Å². The SMILES string of the molecule is Cc1nc(OCC(=O)N(C)C2CCN(CC3CCCCC3)CC2)nc(C)c1C. The second-order valence-corrected chi connectivity index (χ2v) is 8.63. The van der Waals surface area contributed by atoms with Crippen LogP contribution in [0.2, 0.25) is 0 Å². The summed E-state index contributed by atoms with van der Waals surface area (Å²) >= 11 is 0. The van der Waals surface area contributed by atoms with Crippen molar-refractivity contribution in [2.45, 2.75) is 71.8 Å². The predicted molar refractivity (Wildman–Crippen MR) is 111 cm³/mol. The maximum Gasteiger partial charge on any atom is 0.317 e. The molecule has 6 heteroatoms. The average molecular weight is 389 g/mol. The Morgan fingerprint density at radius 3 is 2.25 bits per heavy atom. The zero-order valence-electron chi connectivity index (χ0n) is 18.0. The molecule has 1 amide bonds. The Hall–Kier alpha value is -1.69. The molecule has 1 saturated heterocycles. The molecule has 1 aromatic heterocycles. The summed E-state index contributed by atoms with van der Waals surface area (Å²) in [7, 11) is 1.90. The van der Waals surface area contributed by atoms with Gasteiger partial charge in [-0.15, -0.1) is 0 Å². The van der Waals surface area contributed by atoms with E-state index >= 15 is 0 Å². The van der Waals surface area contributed by atoms with Gasteiger partial charge >= 0.3 is 6.01 Å². The lowest BCUT2D eigenvalue weighted by molar-refractivity contribution is -0.135. The number of amides is 1. The molecular formula is C22H36N4O2. The Morgan fingerprint density at radius 1 is 1.04 bits per heavy atom. The predicted octanol–water partition coefficient (Wildman–Crippen LogP) is 3.28. The summed E-state index contributed by atoms with van der Waals surface area (Å²) in [4.78, 5) is 25.7. The van der Waals surface area contributed by atoms with E-state index in [0.29, 0.717) is 12.1 Å². The molecule has 0 atom stereocenters. The zero-order chi connectivity index (χ0) is 20.1. The van der Waals surface area contributed by atoms with Crippen molar-refractivity contribution in [1.29, 1.82) is 0 Å². The third-order valence-corrected chi connectivity index (χ3v) is 6.68. The topological polar surface area (TPSA) is 58.6 Å². The molecule has 0 unspecified atom stereocenters. The number of piperidine rings is 1. The lowest BCUT2D eigenvalue weighted by atomic mass is 9.88. The molecule has 6 nitrogen and oxygen atoms in total. The number of nitrogens with zero attached hydrogens (tertiary/aromatic N) is 4. The highest BCUT2D eigenvalue weighted by molar-refractivity contribution is 5.77. The van der Waals surface area contributed by atoms with Gasteiger partial charge in [-0.2, -0.15) is 0 Å². The van der Waals surface area contributed by atoms with Gasteiger partial charge in [0.15, 0.2) is 6.61 Å². The quantitative estimate of drug-likeness (QED) is 0.748. The molecule has 1 aliphatic heterocycles. The van der Waals surface area contributed by atoms with Crippen molar-refractivity contribution in [2.24, 2.45) is 5.92 Å². The smallest absolute Gasteiger partial charge is 0.317 e. The van der Waals surface area contributed by atoms with Crippen LogP contribution in [0, 0.1) is 26.7 Å². The summed E-state index contributed by atoms with van der Waals surface area (Å²) in [6, 6.07) is 0.603. The Labute approximate surface area is 169 Å². The van der Waals surface area contributed by atoms with Crippen LogP contribution in [0.25, 0.3) is 0 Å². The van der Waals surface area contributed by atoms with Crippen molar-refractivity contribution in [2.75, 3.05) is 33.3 Å². The van der Waals surface area contributed by atoms with E-state index < -0.39 is 0 Å². The van der Waals surface area contributed by atoms with Gasteiger partial charge in [0, 0.05) is 44.1 Å². The molecule has 0 aromatic carbocycles. The van der Waals surface area contributed by atoms with E-state index in [9.17, 15) is 4.79 Å². The van der Waals surface area contributed by atoms with E-state index in [-0.39, 0.29) is 12.5 Å². The summed E-state index contributed by atoms with van der Waals surface area (Å²) in [5.74, 6) is 0.893. The summed E-state index contributed by atoms with van der Waals surface area (Å²) in [5.41, 5.74) is 2.86. The minimum atomic E-state index is 0.000724. The second-order valence-electron chi connectivity index (χ2n) is 8.63. The minimum absolute atomic E-state index is 0.000724. The number of likely N-dealkylation sites (N-methyl/N-ethyl adjacent to an activating group) is 1. The molecule has 156 valence electrons. The molecule has 1 aromatic rings. The Morgan fingerprint density at radius 2 is 1.64 bits per heavy atom. The van der Waals surface area contributed by atoms with Gasteiger partial charge in [-0.25, -0.2) is 9.97 Å².